The van der Waals surface area contributed by atoms with Crippen molar-refractivity contribution in [3.63, 3.8) is 0 Å². The number of likely N-dealkylation sites (N-methyl/N-ethyl adjacent to an activating group) is 1. The van der Waals surface area contributed by atoms with E-state index in [0.717, 1.165) is 29.7 Å². The minimum Gasteiger partial charge on any atom is -0.492 e. The van der Waals surface area contributed by atoms with Crippen LogP contribution in [0.1, 0.15) is 28.6 Å². The number of fused-ring (bicyclic) bond motifs is 2. The summed E-state index contributed by atoms with van der Waals surface area (Å²) in [5.41, 5.74) is 1.24. The highest BCUT2D eigenvalue weighted by molar-refractivity contribution is 5.62. The van der Waals surface area contributed by atoms with Crippen LogP contribution in [-0.2, 0) is 12.6 Å². The minimum absolute atomic E-state index is 0.0943. The molecule has 0 aliphatic carbocycles. The predicted molar refractivity (Wildman–Crippen MR) is 101 cm³/mol. The number of ether oxygens (including phenoxy) is 3. The van der Waals surface area contributed by atoms with Crippen molar-refractivity contribution in [2.45, 2.75) is 18.6 Å². The van der Waals surface area contributed by atoms with Gasteiger partial charge in [-0.15, -0.1) is 5.10 Å². The highest BCUT2D eigenvalue weighted by Gasteiger charge is 2.38. The van der Waals surface area contributed by atoms with Crippen LogP contribution in [0.4, 0.5) is 13.2 Å². The number of halogens is 3. The van der Waals surface area contributed by atoms with Gasteiger partial charge in [-0.2, -0.15) is 17.9 Å². The largest absolute Gasteiger partial charge is 0.492 e. The van der Waals surface area contributed by atoms with Gasteiger partial charge in [0.2, 0.25) is 12.5 Å². The smallest absolute Gasteiger partial charge is 0.416 e. The quantitative estimate of drug-likeness (QED) is 0.629. The Morgan fingerprint density at radius 2 is 2.03 bits per heavy atom. The van der Waals surface area contributed by atoms with E-state index in [4.69, 9.17) is 14.2 Å². The summed E-state index contributed by atoms with van der Waals surface area (Å²) in [7, 11) is 3.45. The molecule has 162 valence electrons. The Labute approximate surface area is 175 Å². The normalized spacial score (nSPS) is 18.2. The van der Waals surface area contributed by atoms with E-state index in [-0.39, 0.29) is 12.5 Å². The van der Waals surface area contributed by atoms with Crippen LogP contribution in [0.25, 0.3) is 5.69 Å². The fourth-order valence-corrected chi connectivity index (χ4v) is 4.12. The molecule has 8 nitrogen and oxygen atoms in total. The van der Waals surface area contributed by atoms with Gasteiger partial charge >= 0.3 is 6.18 Å². The van der Waals surface area contributed by atoms with Crippen molar-refractivity contribution >= 4 is 0 Å². The van der Waals surface area contributed by atoms with Gasteiger partial charge in [0.05, 0.1) is 18.4 Å². The van der Waals surface area contributed by atoms with Gasteiger partial charge in [-0.25, -0.2) is 0 Å². The van der Waals surface area contributed by atoms with Gasteiger partial charge in [-0.1, -0.05) is 6.07 Å². The summed E-state index contributed by atoms with van der Waals surface area (Å²) in [5, 5.41) is 11.9. The van der Waals surface area contributed by atoms with Crippen LogP contribution >= 0.6 is 0 Å². The molecular weight excluding hydrogens is 415 g/mol. The lowest BCUT2D eigenvalue weighted by Gasteiger charge is -2.34. The molecule has 0 saturated heterocycles. The van der Waals surface area contributed by atoms with Gasteiger partial charge in [-0.05, 0) is 53.7 Å². The summed E-state index contributed by atoms with van der Waals surface area (Å²) in [6.07, 6.45) is -3.74. The van der Waals surface area contributed by atoms with Crippen LogP contribution in [0.5, 0.6) is 17.2 Å². The average Bonchev–Trinajstić information content (AvgIpc) is 3.41. The zero-order valence-corrected chi connectivity index (χ0v) is 16.7. The molecule has 0 radical (unpaired) electrons. The van der Waals surface area contributed by atoms with Crippen LogP contribution < -0.4 is 14.2 Å². The van der Waals surface area contributed by atoms with E-state index in [1.54, 1.807) is 7.11 Å². The number of tetrazole rings is 1. The number of methoxy groups -OCH3 is 1. The number of aromatic nitrogens is 4. The summed E-state index contributed by atoms with van der Waals surface area (Å²) >= 11 is 0. The molecule has 0 fully saturated rings. The summed E-state index contributed by atoms with van der Waals surface area (Å²) in [5.74, 6) is 2.00. The van der Waals surface area contributed by atoms with Crippen molar-refractivity contribution in [3.05, 3.63) is 52.8 Å². The molecular formula is C20H18F3N5O3. The SMILES string of the molecule is COc1c2c(cc3c1[C@@H](c1nnnn1-c1cccc(C(F)(F)F)c1)N(C)CC3)OCO2. The Morgan fingerprint density at radius 3 is 2.81 bits per heavy atom. The van der Waals surface area contributed by atoms with E-state index in [2.05, 4.69) is 15.5 Å². The molecule has 2 aromatic carbocycles. The van der Waals surface area contributed by atoms with E-state index >= 15 is 0 Å². The molecule has 0 N–H and O–H groups in total. The first kappa shape index (κ1) is 19.6. The lowest BCUT2D eigenvalue weighted by atomic mass is 9.90. The summed E-state index contributed by atoms with van der Waals surface area (Å²) in [4.78, 5) is 2.03. The second kappa shape index (κ2) is 7.12. The van der Waals surface area contributed by atoms with Crippen molar-refractivity contribution in [1.82, 2.24) is 25.1 Å². The Balaban J connectivity index is 1.67. The molecule has 2 aliphatic rings. The maximum absolute atomic E-state index is 13.2. The zero-order valence-electron chi connectivity index (χ0n) is 16.7. The lowest BCUT2D eigenvalue weighted by Crippen LogP contribution is -2.35. The van der Waals surface area contributed by atoms with Crippen molar-refractivity contribution in [1.29, 1.82) is 0 Å². The molecule has 0 unspecified atom stereocenters. The van der Waals surface area contributed by atoms with Crippen molar-refractivity contribution < 1.29 is 27.4 Å². The Morgan fingerprint density at radius 1 is 1.19 bits per heavy atom. The fraction of sp³-hybridized carbons (Fsp3) is 0.350. The Hall–Kier alpha value is -3.34. The third-order valence-corrected chi connectivity index (χ3v) is 5.55. The summed E-state index contributed by atoms with van der Waals surface area (Å²) in [6, 6.07) is 6.37. The highest BCUT2D eigenvalue weighted by Crippen LogP contribution is 2.50. The van der Waals surface area contributed by atoms with E-state index < -0.39 is 17.8 Å². The van der Waals surface area contributed by atoms with Crippen LogP contribution in [0.3, 0.4) is 0 Å². The predicted octanol–water partition coefficient (Wildman–Crippen LogP) is 3.00. The van der Waals surface area contributed by atoms with Gasteiger partial charge in [0.1, 0.15) is 6.04 Å². The lowest BCUT2D eigenvalue weighted by molar-refractivity contribution is -0.137. The third kappa shape index (κ3) is 3.16. The molecule has 0 spiro atoms. The van der Waals surface area contributed by atoms with Crippen molar-refractivity contribution in [3.8, 4) is 22.9 Å². The van der Waals surface area contributed by atoms with Gasteiger partial charge in [-0.3, -0.25) is 4.90 Å². The fourth-order valence-electron chi connectivity index (χ4n) is 4.12. The van der Waals surface area contributed by atoms with Crippen molar-refractivity contribution in [2.75, 3.05) is 27.5 Å². The van der Waals surface area contributed by atoms with Gasteiger partial charge < -0.3 is 14.2 Å². The summed E-state index contributed by atoms with van der Waals surface area (Å²) < 4.78 is 57.9. The van der Waals surface area contributed by atoms with Crippen LogP contribution in [-0.4, -0.2) is 52.6 Å². The standard InChI is InChI=1S/C20H18F3N5O3/c1-27-7-6-11-8-14-17(31-10-30-14)18(29-2)15(11)16(27)19-24-25-26-28(19)13-5-3-4-12(9-13)20(21,22)23/h3-5,8-9,16H,6-7,10H2,1-2H3/t16-/m0/s1. The molecule has 11 heteroatoms. The second-order valence-corrected chi connectivity index (χ2v) is 7.35. The zero-order chi connectivity index (χ0) is 21.8. The molecule has 3 heterocycles. The first-order valence-electron chi connectivity index (χ1n) is 9.54. The summed E-state index contributed by atoms with van der Waals surface area (Å²) in [6.45, 7) is 0.785. The van der Waals surface area contributed by atoms with E-state index in [1.807, 2.05) is 18.0 Å². The maximum Gasteiger partial charge on any atom is 0.416 e. The monoisotopic (exact) mass is 433 g/mol. The minimum atomic E-state index is -4.47. The molecule has 0 amide bonds. The van der Waals surface area contributed by atoms with Gasteiger partial charge in [0.15, 0.2) is 17.3 Å². The number of nitrogens with zero attached hydrogens (tertiary/aromatic N) is 5. The van der Waals surface area contributed by atoms with Crippen LogP contribution in [0.15, 0.2) is 30.3 Å². The molecule has 31 heavy (non-hydrogen) atoms. The maximum atomic E-state index is 13.2. The first-order valence-corrected chi connectivity index (χ1v) is 9.54. The second-order valence-electron chi connectivity index (χ2n) is 7.35. The van der Waals surface area contributed by atoms with E-state index in [9.17, 15) is 13.2 Å². The highest BCUT2D eigenvalue weighted by atomic mass is 19.4. The number of rotatable bonds is 3. The third-order valence-electron chi connectivity index (χ3n) is 5.55. The number of hydrogen-bond donors (Lipinski definition) is 0. The van der Waals surface area contributed by atoms with Crippen LogP contribution in [0.2, 0.25) is 0 Å². The molecule has 1 atom stereocenters. The molecule has 1 aromatic heterocycles. The molecule has 0 bridgehead atoms. The average molecular weight is 433 g/mol. The van der Waals surface area contributed by atoms with Gasteiger partial charge in [0, 0.05) is 12.1 Å². The molecule has 2 aliphatic heterocycles. The van der Waals surface area contributed by atoms with Crippen LogP contribution in [0, 0.1) is 0 Å². The van der Waals surface area contributed by atoms with E-state index in [1.165, 1.54) is 16.8 Å². The number of hydrogen-bond acceptors (Lipinski definition) is 7. The van der Waals surface area contributed by atoms with Crippen molar-refractivity contribution in [2.24, 2.45) is 0 Å². The van der Waals surface area contributed by atoms with E-state index in [0.29, 0.717) is 29.6 Å². The first-order chi connectivity index (χ1) is 14.9. The molecule has 5 rings (SSSR count). The number of benzene rings is 2. The number of alkyl halides is 3. The Bertz CT molecular complexity index is 1150. The molecule has 3 aromatic rings. The van der Waals surface area contributed by atoms with Gasteiger partial charge in [0.25, 0.3) is 0 Å². The molecule has 0 saturated carbocycles. The topological polar surface area (TPSA) is 74.5 Å². The Kier molecular flexibility index (Phi) is 4.50.